The molecular formula is C40H46Eu2N8O14. The molecule has 0 saturated heterocycles. The van der Waals surface area contributed by atoms with Crippen LogP contribution in [0.4, 0.5) is 0 Å². The van der Waals surface area contributed by atoms with E-state index in [0.717, 1.165) is 0 Å². The van der Waals surface area contributed by atoms with Gasteiger partial charge in [0, 0.05) is 51.0 Å². The summed E-state index contributed by atoms with van der Waals surface area (Å²) in [5.41, 5.74) is 2.02. The first-order chi connectivity index (χ1) is 29.8. The van der Waals surface area contributed by atoms with E-state index in [1.807, 2.05) is 0 Å². The van der Waals surface area contributed by atoms with Crippen molar-refractivity contribution >= 4 is 24.9 Å². The number of nitrogens with one attached hydrogen (secondary N) is 2. The van der Waals surface area contributed by atoms with E-state index >= 15 is 0 Å². The first-order valence-corrected chi connectivity index (χ1v) is 18.2. The van der Waals surface area contributed by atoms with Crippen LogP contribution in [0.5, 0.6) is 46.0 Å². The van der Waals surface area contributed by atoms with Gasteiger partial charge in [0.2, 0.25) is 0 Å². The summed E-state index contributed by atoms with van der Waals surface area (Å²) < 4.78 is 20.0. The fourth-order valence-corrected chi connectivity index (χ4v) is 4.66. The predicted molar refractivity (Wildman–Crippen MR) is 226 cm³/mol. The smallest absolute Gasteiger partial charge is 0.870 e. The molecule has 2 N–H and O–H groups in total. The minimum atomic E-state index is -1.75. The van der Waals surface area contributed by atoms with Crippen molar-refractivity contribution in [2.45, 2.75) is 0 Å². The van der Waals surface area contributed by atoms with E-state index in [4.69, 9.17) is 49.6 Å². The maximum Gasteiger partial charge on any atom is 3.00 e. The number of benzene rings is 4. The molecule has 0 aliphatic heterocycles. The third-order valence-electron chi connectivity index (χ3n) is 7.51. The molecule has 0 bridgehead atoms. The summed E-state index contributed by atoms with van der Waals surface area (Å²) in [7, 11) is 5.87. The van der Waals surface area contributed by atoms with Crippen LogP contribution >= 0.6 is 0 Å². The third-order valence-corrected chi connectivity index (χ3v) is 7.51. The van der Waals surface area contributed by atoms with Crippen molar-refractivity contribution in [2.75, 3.05) is 80.8 Å². The molecule has 0 radical (unpaired) electrons. The summed E-state index contributed by atoms with van der Waals surface area (Å²) >= 11 is 0. The van der Waals surface area contributed by atoms with Crippen molar-refractivity contribution in [3.8, 4) is 46.0 Å². The molecule has 0 aromatic heterocycles. The number of hydrogen-bond donors (Lipinski definition) is 2. The summed E-state index contributed by atoms with van der Waals surface area (Å²) in [5, 5.41) is 83.7. The Morgan fingerprint density at radius 1 is 0.438 bits per heavy atom. The largest absolute Gasteiger partial charge is 3.00 e. The zero-order valence-electron chi connectivity index (χ0n) is 35.0. The minimum Gasteiger partial charge on any atom is -0.870 e. The topological polar surface area (TPSA) is 335 Å². The van der Waals surface area contributed by atoms with E-state index in [9.17, 15) is 20.4 Å². The number of rotatable bonds is 20. The molecule has 64 heavy (non-hydrogen) atoms. The van der Waals surface area contributed by atoms with E-state index in [2.05, 4.69) is 30.6 Å². The Bertz CT molecular complexity index is 1790. The summed E-state index contributed by atoms with van der Waals surface area (Å²) in [6.07, 6.45) is 6.24. The van der Waals surface area contributed by atoms with E-state index in [1.165, 1.54) is 28.4 Å². The molecule has 0 unspecified atom stereocenters. The first-order valence-electron chi connectivity index (χ1n) is 18.2. The van der Waals surface area contributed by atoms with Crippen LogP contribution in [0.15, 0.2) is 92.8 Å². The van der Waals surface area contributed by atoms with Crippen LogP contribution in [-0.2, 0) is 0 Å². The molecule has 0 atom stereocenters. The molecule has 0 spiro atoms. The van der Waals surface area contributed by atoms with Gasteiger partial charge in [-0.15, -0.1) is 0 Å². The van der Waals surface area contributed by atoms with Gasteiger partial charge in [0.25, 0.3) is 0 Å². The van der Waals surface area contributed by atoms with Crippen molar-refractivity contribution in [3.63, 3.8) is 0 Å². The van der Waals surface area contributed by atoms with Crippen LogP contribution in [-0.4, -0.2) is 116 Å². The van der Waals surface area contributed by atoms with Gasteiger partial charge in [0.05, 0.1) is 64.8 Å². The average Bonchev–Trinajstić information content (AvgIpc) is 3.24. The second-order valence-corrected chi connectivity index (χ2v) is 11.6. The Kier molecular flexibility index (Phi) is 36.3. The second-order valence-electron chi connectivity index (χ2n) is 11.6. The molecule has 0 amide bonds. The van der Waals surface area contributed by atoms with Crippen LogP contribution in [0.25, 0.3) is 0 Å². The van der Waals surface area contributed by atoms with E-state index < -0.39 is 10.2 Å². The van der Waals surface area contributed by atoms with Gasteiger partial charge in [-0.2, -0.15) is 0 Å². The Labute approximate surface area is 451 Å². The summed E-state index contributed by atoms with van der Waals surface area (Å²) in [4.78, 5) is 33.4. The number of hydrogen-bond acceptors (Lipinski definition) is 20. The Hall–Kier alpha value is -4.55. The van der Waals surface area contributed by atoms with Crippen LogP contribution in [0.3, 0.4) is 0 Å². The third kappa shape index (κ3) is 26.3. The quantitative estimate of drug-likeness (QED) is 0.0548. The van der Waals surface area contributed by atoms with Crippen LogP contribution in [0.1, 0.15) is 22.3 Å². The maximum absolute atomic E-state index is 11.9. The summed E-state index contributed by atoms with van der Waals surface area (Å²) in [6, 6.07) is 20.4. The molecule has 0 aliphatic rings. The molecule has 0 aliphatic carbocycles. The van der Waals surface area contributed by atoms with Crippen LogP contribution in [0.2, 0.25) is 0 Å². The molecule has 0 fully saturated rings. The van der Waals surface area contributed by atoms with Gasteiger partial charge < -0.3 is 80.7 Å². The van der Waals surface area contributed by atoms with Crippen molar-refractivity contribution in [1.82, 2.24) is 10.6 Å². The zero-order chi connectivity index (χ0) is 46.1. The molecule has 4 aromatic rings. The molecule has 4 aromatic carbocycles. The number of para-hydroxylation sites is 4. The van der Waals surface area contributed by atoms with E-state index in [-0.39, 0.29) is 122 Å². The molecule has 344 valence electrons. The predicted octanol–water partition coefficient (Wildman–Crippen LogP) is 1.48. The fraction of sp³-hybridized carbons (Fsp3) is 0.300. The molecule has 0 heterocycles. The fourth-order valence-electron chi connectivity index (χ4n) is 4.66. The number of nitrogens with zero attached hydrogens (tertiary/aromatic N) is 6. The van der Waals surface area contributed by atoms with Gasteiger partial charge in [0.15, 0.2) is 0 Å². The van der Waals surface area contributed by atoms with Crippen LogP contribution < -0.4 is 50.0 Å². The first kappa shape index (κ1) is 61.5. The molecule has 0 saturated carbocycles. The SMILES string of the molecule is COc1cccc(C=NCCNCCN=Cc2cccc(OC)c2[O-])c1[O-].COc1cccc(C=NCCNCCN=Cc2cccc(OC)c2[O-])c1[O-].O=[N+]([O-])[O-].O=[N+]([O-])[O-].[Eu+3].[Eu+3]. The summed E-state index contributed by atoms with van der Waals surface area (Å²) in [6.45, 7) is 4.82. The Balaban J connectivity index is 0. The standard InChI is InChI=1S/2C20H25N3O4.2Eu.2NO3/c2*1-26-17-7-3-5-15(19(17)24)13-22-11-9-21-10-12-23-14-16-6-4-8-18(27-2)20(16)25;;;2*2-1(3)4/h2*3-8,13-14,21,24-25H,9-12H2,1-2H3;;;;/q;;2*+3;2*-1/p-4. The van der Waals surface area contributed by atoms with E-state index in [1.54, 1.807) is 97.7 Å². The van der Waals surface area contributed by atoms with Gasteiger partial charge in [-0.25, -0.2) is 0 Å². The second kappa shape index (κ2) is 37.8. The van der Waals surface area contributed by atoms with Crippen molar-refractivity contribution in [1.29, 1.82) is 0 Å². The normalized spacial score (nSPS) is 10.3. The van der Waals surface area contributed by atoms with Gasteiger partial charge in [-0.3, -0.25) is 20.0 Å². The number of aliphatic imine (C=N–C) groups is 4. The van der Waals surface area contributed by atoms with Crippen molar-refractivity contribution < 1.29 is 148 Å². The average molecular weight is 1170 g/mol. The Morgan fingerprint density at radius 2 is 0.625 bits per heavy atom. The van der Waals surface area contributed by atoms with E-state index in [0.29, 0.717) is 97.6 Å². The van der Waals surface area contributed by atoms with Crippen molar-refractivity contribution in [3.05, 3.63) is 126 Å². The minimum absolute atomic E-state index is 0. The number of methoxy groups -OCH3 is 4. The monoisotopic (exact) mass is 1170 g/mol. The van der Waals surface area contributed by atoms with Gasteiger partial charge >= 0.3 is 98.8 Å². The molecule has 4 rings (SSSR count). The zero-order valence-corrected chi connectivity index (χ0v) is 39.9. The van der Waals surface area contributed by atoms with Gasteiger partial charge in [-0.1, -0.05) is 71.5 Å². The van der Waals surface area contributed by atoms with Gasteiger partial charge in [0.1, 0.15) is 23.0 Å². The molecular weight excluding hydrogens is 1120 g/mol. The number of ether oxygens (including phenoxy) is 4. The summed E-state index contributed by atoms with van der Waals surface area (Å²) in [5.74, 6) is 0.587. The maximum atomic E-state index is 11.9. The molecule has 24 heteroatoms. The molecule has 22 nitrogen and oxygen atoms in total. The van der Waals surface area contributed by atoms with Crippen LogP contribution in [0, 0.1) is 129 Å². The van der Waals surface area contributed by atoms with Gasteiger partial charge in [-0.05, 0) is 46.5 Å². The Morgan fingerprint density at radius 3 is 0.797 bits per heavy atom. The van der Waals surface area contributed by atoms with Crippen molar-refractivity contribution in [2.24, 2.45) is 20.0 Å².